The van der Waals surface area contributed by atoms with Gasteiger partial charge >= 0.3 is 0 Å². The van der Waals surface area contributed by atoms with E-state index >= 15 is 0 Å². The zero-order chi connectivity index (χ0) is 16.7. The van der Waals surface area contributed by atoms with Crippen LogP contribution in [0.2, 0.25) is 0 Å². The Balaban J connectivity index is 1.56. The van der Waals surface area contributed by atoms with Crippen molar-refractivity contribution < 1.29 is 4.79 Å². The quantitative estimate of drug-likeness (QED) is 0.846. The molecule has 4 rings (SSSR count). The largest absolute Gasteiger partial charge is 0.335 e. The third kappa shape index (κ3) is 2.72. The van der Waals surface area contributed by atoms with Gasteiger partial charge in [-0.15, -0.1) is 5.10 Å². The molecular weight excluding hydrogens is 304 g/mol. The summed E-state index contributed by atoms with van der Waals surface area (Å²) in [4.78, 5) is 16.8. The molecule has 2 saturated carbocycles. The van der Waals surface area contributed by atoms with Crippen molar-refractivity contribution in [2.75, 3.05) is 19.6 Å². The van der Waals surface area contributed by atoms with Crippen LogP contribution >= 0.6 is 0 Å². The molecular formula is C17H28N6O. The number of hydrogen-bond acceptors (Lipinski definition) is 5. The SMILES string of the molecule is CC(=O)N1CCN([C@H](C)c2nnnn2C2CC2)CC12CCCCC2. The molecule has 2 heterocycles. The van der Waals surface area contributed by atoms with Crippen LogP contribution in [0.4, 0.5) is 0 Å². The predicted molar refractivity (Wildman–Crippen MR) is 89.3 cm³/mol. The first-order valence-electron chi connectivity index (χ1n) is 9.41. The van der Waals surface area contributed by atoms with Gasteiger partial charge in [0.2, 0.25) is 5.91 Å². The average Bonchev–Trinajstić information content (AvgIpc) is 3.31. The van der Waals surface area contributed by atoms with Gasteiger partial charge in [0.1, 0.15) is 0 Å². The fourth-order valence-electron chi connectivity index (χ4n) is 4.69. The van der Waals surface area contributed by atoms with Gasteiger partial charge in [-0.25, -0.2) is 4.68 Å². The molecule has 0 unspecified atom stereocenters. The molecule has 0 N–H and O–H groups in total. The highest BCUT2D eigenvalue weighted by Gasteiger charge is 2.45. The standard InChI is InChI=1S/C17H28N6O/c1-13(16-18-19-20-23(16)15-6-7-15)21-10-11-22(14(2)24)17(12-21)8-4-3-5-9-17/h13,15H,3-12H2,1-2H3/t13-/m1/s1. The lowest BCUT2D eigenvalue weighted by Gasteiger charge is -2.53. The lowest BCUT2D eigenvalue weighted by Crippen LogP contribution is -2.64. The van der Waals surface area contributed by atoms with Gasteiger partial charge in [0.15, 0.2) is 5.82 Å². The first kappa shape index (κ1) is 16.0. The summed E-state index contributed by atoms with van der Waals surface area (Å²) < 4.78 is 2.02. The molecule has 1 atom stereocenters. The summed E-state index contributed by atoms with van der Waals surface area (Å²) in [6, 6.07) is 0.702. The Morgan fingerprint density at radius 3 is 2.62 bits per heavy atom. The van der Waals surface area contributed by atoms with E-state index in [0.717, 1.165) is 38.3 Å². The van der Waals surface area contributed by atoms with E-state index in [1.165, 1.54) is 32.1 Å². The lowest BCUT2D eigenvalue weighted by atomic mass is 9.78. The number of rotatable bonds is 3. The average molecular weight is 332 g/mol. The maximum Gasteiger partial charge on any atom is 0.219 e. The van der Waals surface area contributed by atoms with E-state index in [1.54, 1.807) is 6.92 Å². The molecule has 132 valence electrons. The molecule has 1 aromatic rings. The van der Waals surface area contributed by atoms with Crippen molar-refractivity contribution in [2.24, 2.45) is 0 Å². The third-order valence-corrected chi connectivity index (χ3v) is 6.18. The van der Waals surface area contributed by atoms with Crippen LogP contribution in [0.5, 0.6) is 0 Å². The summed E-state index contributed by atoms with van der Waals surface area (Å²) >= 11 is 0. The van der Waals surface area contributed by atoms with Crippen LogP contribution in [0.25, 0.3) is 0 Å². The number of aromatic nitrogens is 4. The van der Waals surface area contributed by atoms with Crippen molar-refractivity contribution in [3.05, 3.63) is 5.82 Å². The first-order chi connectivity index (χ1) is 11.6. The summed E-state index contributed by atoms with van der Waals surface area (Å²) in [5, 5.41) is 12.4. The molecule has 7 nitrogen and oxygen atoms in total. The molecule has 0 bridgehead atoms. The highest BCUT2D eigenvalue weighted by Crippen LogP contribution is 2.40. The van der Waals surface area contributed by atoms with Crippen molar-refractivity contribution in [1.82, 2.24) is 30.0 Å². The van der Waals surface area contributed by atoms with Gasteiger partial charge in [0.25, 0.3) is 0 Å². The van der Waals surface area contributed by atoms with Crippen molar-refractivity contribution in [3.8, 4) is 0 Å². The number of piperazine rings is 1. The first-order valence-corrected chi connectivity index (χ1v) is 9.41. The number of tetrazole rings is 1. The van der Waals surface area contributed by atoms with Crippen molar-refractivity contribution in [1.29, 1.82) is 0 Å². The van der Waals surface area contributed by atoms with Gasteiger partial charge < -0.3 is 4.90 Å². The van der Waals surface area contributed by atoms with Crippen molar-refractivity contribution in [3.63, 3.8) is 0 Å². The second-order valence-electron chi connectivity index (χ2n) is 7.81. The Morgan fingerprint density at radius 2 is 1.96 bits per heavy atom. The normalized spacial score (nSPS) is 25.8. The van der Waals surface area contributed by atoms with Crippen LogP contribution in [-0.2, 0) is 4.79 Å². The second kappa shape index (κ2) is 6.10. The van der Waals surface area contributed by atoms with E-state index in [1.807, 2.05) is 4.68 Å². The minimum Gasteiger partial charge on any atom is -0.335 e. The molecule has 1 saturated heterocycles. The molecule has 24 heavy (non-hydrogen) atoms. The van der Waals surface area contributed by atoms with E-state index in [-0.39, 0.29) is 17.5 Å². The zero-order valence-corrected chi connectivity index (χ0v) is 14.8. The summed E-state index contributed by atoms with van der Waals surface area (Å²) in [6.45, 7) is 6.61. The van der Waals surface area contributed by atoms with E-state index in [0.29, 0.717) is 6.04 Å². The minimum atomic E-state index is 0.0223. The molecule has 1 amide bonds. The second-order valence-corrected chi connectivity index (χ2v) is 7.81. The van der Waals surface area contributed by atoms with Gasteiger partial charge in [-0.2, -0.15) is 0 Å². The molecule has 0 aromatic carbocycles. The molecule has 3 fully saturated rings. The molecule has 0 radical (unpaired) electrons. The number of carbonyl (C=O) groups excluding carboxylic acids is 1. The van der Waals surface area contributed by atoms with Crippen molar-refractivity contribution >= 4 is 5.91 Å². The van der Waals surface area contributed by atoms with E-state index < -0.39 is 0 Å². The summed E-state index contributed by atoms with van der Waals surface area (Å²) in [6.07, 6.45) is 8.38. The van der Waals surface area contributed by atoms with Crippen LogP contribution < -0.4 is 0 Å². The van der Waals surface area contributed by atoms with Gasteiger partial charge in [-0.05, 0) is 43.0 Å². The number of carbonyl (C=O) groups is 1. The number of nitrogens with zero attached hydrogens (tertiary/aromatic N) is 6. The maximum atomic E-state index is 12.2. The van der Waals surface area contributed by atoms with Crippen LogP contribution in [0, 0.1) is 0 Å². The third-order valence-electron chi connectivity index (χ3n) is 6.18. The van der Waals surface area contributed by atoms with Crippen LogP contribution in [0.3, 0.4) is 0 Å². The summed E-state index contributed by atoms with van der Waals surface area (Å²) in [5.74, 6) is 1.21. The van der Waals surface area contributed by atoms with Gasteiger partial charge in [0.05, 0.1) is 17.6 Å². The molecule has 1 aliphatic heterocycles. The summed E-state index contributed by atoms with van der Waals surface area (Å²) in [7, 11) is 0. The van der Waals surface area contributed by atoms with Crippen LogP contribution in [-0.4, -0.2) is 61.1 Å². The molecule has 7 heteroatoms. The fraction of sp³-hybridized carbons (Fsp3) is 0.882. The topological polar surface area (TPSA) is 67.2 Å². The highest BCUT2D eigenvalue weighted by molar-refractivity contribution is 5.74. The number of amides is 1. The molecule has 3 aliphatic rings. The monoisotopic (exact) mass is 332 g/mol. The van der Waals surface area contributed by atoms with Gasteiger partial charge in [-0.1, -0.05) is 19.3 Å². The number of hydrogen-bond donors (Lipinski definition) is 0. The van der Waals surface area contributed by atoms with E-state index in [4.69, 9.17) is 0 Å². The fourth-order valence-corrected chi connectivity index (χ4v) is 4.69. The Labute approximate surface area is 143 Å². The molecule has 1 spiro atoms. The minimum absolute atomic E-state index is 0.0223. The Morgan fingerprint density at radius 1 is 1.21 bits per heavy atom. The maximum absolute atomic E-state index is 12.2. The van der Waals surface area contributed by atoms with Gasteiger partial charge in [-0.3, -0.25) is 9.69 Å². The zero-order valence-electron chi connectivity index (χ0n) is 14.8. The Hall–Kier alpha value is -1.50. The molecule has 2 aliphatic carbocycles. The smallest absolute Gasteiger partial charge is 0.219 e. The lowest BCUT2D eigenvalue weighted by molar-refractivity contribution is -0.143. The van der Waals surface area contributed by atoms with Crippen LogP contribution in [0.15, 0.2) is 0 Å². The highest BCUT2D eigenvalue weighted by atomic mass is 16.2. The van der Waals surface area contributed by atoms with E-state index in [2.05, 4.69) is 32.2 Å². The van der Waals surface area contributed by atoms with E-state index in [9.17, 15) is 4.79 Å². The Bertz CT molecular complexity index is 604. The summed E-state index contributed by atoms with van der Waals surface area (Å²) in [5.41, 5.74) is 0.0223. The van der Waals surface area contributed by atoms with Crippen molar-refractivity contribution in [2.45, 2.75) is 76.4 Å². The predicted octanol–water partition coefficient (Wildman–Crippen LogP) is 1.94. The Kier molecular flexibility index (Phi) is 4.06. The van der Waals surface area contributed by atoms with Gasteiger partial charge in [0, 0.05) is 26.6 Å². The molecule has 1 aromatic heterocycles. The van der Waals surface area contributed by atoms with Crippen LogP contribution in [0.1, 0.15) is 76.7 Å².